The van der Waals surface area contributed by atoms with Crippen LogP contribution in [0.3, 0.4) is 0 Å². The van der Waals surface area contributed by atoms with Gasteiger partial charge in [0.15, 0.2) is 0 Å². The van der Waals surface area contributed by atoms with Crippen LogP contribution in [-0.4, -0.2) is 40.9 Å². The second-order valence-electron chi connectivity index (χ2n) is 5.60. The number of hydrogen-bond donors (Lipinski definition) is 5. The summed E-state index contributed by atoms with van der Waals surface area (Å²) in [6, 6.07) is 10.6. The number of nitrogen functional groups attached to an aromatic ring is 1. The summed E-state index contributed by atoms with van der Waals surface area (Å²) in [7, 11) is -8.78. The van der Waals surface area contributed by atoms with E-state index in [2.05, 4.69) is 25.6 Å². The number of nitrogens with zero attached hydrogens (tertiary/aromatic N) is 3. The number of hydrogen-bond acceptors (Lipinski definition) is 10. The smallest absolute Gasteiger partial charge is 0.294 e. The number of aromatic nitrogens is 3. The molecule has 0 aliphatic carbocycles. The van der Waals surface area contributed by atoms with Crippen molar-refractivity contribution < 1.29 is 25.9 Å². The van der Waals surface area contributed by atoms with Gasteiger partial charge in [-0.05, 0) is 36.4 Å². The molecule has 0 amide bonds. The number of anilines is 5. The lowest BCUT2D eigenvalue weighted by atomic mass is 10.3. The highest BCUT2D eigenvalue weighted by molar-refractivity contribution is 7.86. The fourth-order valence-electron chi connectivity index (χ4n) is 2.23. The van der Waals surface area contributed by atoms with Crippen LogP contribution in [0.4, 0.5) is 29.2 Å². The molecule has 29 heavy (non-hydrogen) atoms. The first-order valence-corrected chi connectivity index (χ1v) is 10.6. The highest BCUT2D eigenvalue weighted by Crippen LogP contribution is 2.21. The molecule has 152 valence electrons. The van der Waals surface area contributed by atoms with Gasteiger partial charge < -0.3 is 16.4 Å². The van der Waals surface area contributed by atoms with Crippen LogP contribution in [0.2, 0.25) is 0 Å². The molecule has 0 fully saturated rings. The molecule has 0 aliphatic heterocycles. The third-order valence-corrected chi connectivity index (χ3v) is 5.13. The highest BCUT2D eigenvalue weighted by atomic mass is 32.2. The molecule has 6 N–H and O–H groups in total. The lowest BCUT2D eigenvalue weighted by Crippen LogP contribution is -2.07. The maximum Gasteiger partial charge on any atom is 0.294 e. The third kappa shape index (κ3) is 5.35. The first-order chi connectivity index (χ1) is 13.5. The lowest BCUT2D eigenvalue weighted by Gasteiger charge is -2.10. The van der Waals surface area contributed by atoms with E-state index in [1.54, 1.807) is 0 Å². The Bertz CT molecular complexity index is 1180. The number of nitrogens with two attached hydrogens (primary N) is 1. The van der Waals surface area contributed by atoms with Crippen molar-refractivity contribution in [3.8, 4) is 0 Å². The molecule has 2 aromatic carbocycles. The van der Waals surface area contributed by atoms with E-state index < -0.39 is 20.2 Å². The zero-order valence-corrected chi connectivity index (χ0v) is 16.0. The van der Waals surface area contributed by atoms with Gasteiger partial charge in [0.25, 0.3) is 20.2 Å². The average Bonchev–Trinajstić information content (AvgIpc) is 2.60. The second kappa shape index (κ2) is 7.59. The van der Waals surface area contributed by atoms with Crippen molar-refractivity contribution in [1.82, 2.24) is 15.0 Å². The molecule has 0 bridgehead atoms. The summed E-state index contributed by atoms with van der Waals surface area (Å²) in [4.78, 5) is 11.2. The zero-order chi connectivity index (χ0) is 21.2. The molecule has 0 saturated carbocycles. The molecular weight excluding hydrogens is 424 g/mol. The normalized spacial score (nSPS) is 11.8. The van der Waals surface area contributed by atoms with Gasteiger partial charge in [-0.25, -0.2) is 0 Å². The van der Waals surface area contributed by atoms with Crippen molar-refractivity contribution in [3.05, 3.63) is 48.5 Å². The van der Waals surface area contributed by atoms with Crippen LogP contribution in [-0.2, 0) is 20.2 Å². The van der Waals surface area contributed by atoms with Crippen LogP contribution in [0.15, 0.2) is 58.3 Å². The minimum absolute atomic E-state index is 0.0431. The fraction of sp³-hybridized carbons (Fsp3) is 0. The van der Waals surface area contributed by atoms with Gasteiger partial charge >= 0.3 is 0 Å². The van der Waals surface area contributed by atoms with Gasteiger partial charge in [0.1, 0.15) is 0 Å². The molecule has 1 heterocycles. The van der Waals surface area contributed by atoms with Crippen LogP contribution < -0.4 is 16.4 Å². The van der Waals surface area contributed by atoms with Crippen molar-refractivity contribution in [2.45, 2.75) is 9.79 Å². The molecule has 0 aliphatic rings. The standard InChI is InChI=1S/C15H14N6O6S2/c16-13-19-14(17-9-3-1-5-11(7-9)28(22,23)24)21-15(20-13)18-10-4-2-6-12(8-10)29(25,26)27/h1-8H,(H,22,23,24)(H,25,26,27)(H4,16,17,18,19,20,21). The molecule has 0 unspecified atom stereocenters. The van der Waals surface area contributed by atoms with E-state index in [9.17, 15) is 16.8 Å². The summed E-state index contributed by atoms with van der Waals surface area (Å²) in [6.07, 6.45) is 0. The molecule has 0 saturated heterocycles. The number of benzene rings is 2. The topological polar surface area (TPSA) is 197 Å². The van der Waals surface area contributed by atoms with Gasteiger partial charge in [-0.1, -0.05) is 12.1 Å². The van der Waals surface area contributed by atoms with E-state index in [4.69, 9.17) is 14.8 Å². The van der Waals surface area contributed by atoms with E-state index in [-0.39, 0.29) is 39.0 Å². The monoisotopic (exact) mass is 438 g/mol. The van der Waals surface area contributed by atoms with Gasteiger partial charge in [0.2, 0.25) is 17.8 Å². The molecule has 3 rings (SSSR count). The van der Waals surface area contributed by atoms with Crippen molar-refractivity contribution in [3.63, 3.8) is 0 Å². The lowest BCUT2D eigenvalue weighted by molar-refractivity contribution is 0.481. The van der Waals surface area contributed by atoms with Crippen LogP contribution in [0.1, 0.15) is 0 Å². The van der Waals surface area contributed by atoms with E-state index in [0.29, 0.717) is 0 Å². The summed E-state index contributed by atoms with van der Waals surface area (Å²) >= 11 is 0. The maximum atomic E-state index is 11.2. The van der Waals surface area contributed by atoms with Crippen LogP contribution in [0.25, 0.3) is 0 Å². The van der Waals surface area contributed by atoms with Gasteiger partial charge in [0.05, 0.1) is 9.79 Å². The second-order valence-corrected chi connectivity index (χ2v) is 8.44. The van der Waals surface area contributed by atoms with Gasteiger partial charge in [-0.3, -0.25) is 9.11 Å². The number of nitrogens with one attached hydrogen (secondary N) is 2. The summed E-state index contributed by atoms with van der Waals surface area (Å²) in [5.41, 5.74) is 6.16. The Balaban J connectivity index is 1.88. The Hall–Kier alpha value is -3.33. The van der Waals surface area contributed by atoms with Crippen LogP contribution in [0, 0.1) is 0 Å². The van der Waals surface area contributed by atoms with Crippen LogP contribution >= 0.6 is 0 Å². The van der Waals surface area contributed by atoms with Crippen molar-refractivity contribution in [1.29, 1.82) is 0 Å². The SMILES string of the molecule is Nc1nc(Nc2cccc(S(=O)(=O)O)c2)nc(Nc2cccc(S(=O)(=O)O)c2)n1. The van der Waals surface area contributed by atoms with Crippen molar-refractivity contribution in [2.75, 3.05) is 16.4 Å². The summed E-state index contributed by atoms with van der Waals surface area (Å²) in [5.74, 6) is -0.265. The van der Waals surface area contributed by atoms with E-state index in [1.807, 2.05) is 0 Å². The Kier molecular flexibility index (Phi) is 5.34. The molecule has 3 aromatic rings. The predicted molar refractivity (Wildman–Crippen MR) is 103 cm³/mol. The Morgan fingerprint density at radius 1 is 0.724 bits per heavy atom. The Labute approximate surface area is 165 Å². The molecule has 14 heteroatoms. The molecular formula is C15H14N6O6S2. The summed E-state index contributed by atoms with van der Waals surface area (Å²) < 4.78 is 63.2. The van der Waals surface area contributed by atoms with Crippen molar-refractivity contribution in [2.24, 2.45) is 0 Å². The van der Waals surface area contributed by atoms with Gasteiger partial charge in [0, 0.05) is 11.4 Å². The van der Waals surface area contributed by atoms with E-state index in [0.717, 1.165) is 12.1 Å². The summed E-state index contributed by atoms with van der Waals surface area (Å²) in [5, 5.41) is 5.45. The minimum Gasteiger partial charge on any atom is -0.368 e. The van der Waals surface area contributed by atoms with Gasteiger partial charge in [-0.15, -0.1) is 0 Å². The van der Waals surface area contributed by atoms with E-state index >= 15 is 0 Å². The summed E-state index contributed by atoms with van der Waals surface area (Å²) in [6.45, 7) is 0. The van der Waals surface area contributed by atoms with Crippen molar-refractivity contribution >= 4 is 49.5 Å². The Morgan fingerprint density at radius 2 is 1.14 bits per heavy atom. The van der Waals surface area contributed by atoms with Gasteiger partial charge in [-0.2, -0.15) is 31.8 Å². The minimum atomic E-state index is -4.39. The zero-order valence-electron chi connectivity index (χ0n) is 14.4. The van der Waals surface area contributed by atoms with Crippen LogP contribution in [0.5, 0.6) is 0 Å². The largest absolute Gasteiger partial charge is 0.368 e. The molecule has 0 radical (unpaired) electrons. The molecule has 1 aromatic heterocycles. The first-order valence-electron chi connectivity index (χ1n) is 7.71. The fourth-order valence-corrected chi connectivity index (χ4v) is 3.28. The third-order valence-electron chi connectivity index (χ3n) is 3.43. The predicted octanol–water partition coefficient (Wildman–Crippen LogP) is 1.43. The maximum absolute atomic E-state index is 11.2. The van der Waals surface area contributed by atoms with E-state index in [1.165, 1.54) is 36.4 Å². The first kappa shape index (κ1) is 20.4. The quantitative estimate of drug-likeness (QED) is 0.347. The number of rotatable bonds is 6. The highest BCUT2D eigenvalue weighted by Gasteiger charge is 2.12. The molecule has 0 atom stereocenters. The molecule has 0 spiro atoms. The average molecular weight is 438 g/mol. The molecule has 12 nitrogen and oxygen atoms in total. The Morgan fingerprint density at radius 3 is 1.52 bits per heavy atom.